The number of nitrogens with zero attached hydrogens (tertiary/aromatic N) is 4. The van der Waals surface area contributed by atoms with Gasteiger partial charge in [-0.05, 0) is 6.42 Å². The largest absolute Gasteiger partial charge is 0.492 e. The summed E-state index contributed by atoms with van der Waals surface area (Å²) >= 11 is 0. The van der Waals surface area contributed by atoms with Gasteiger partial charge in [0.05, 0.1) is 12.9 Å². The molecule has 1 aliphatic heterocycles. The van der Waals surface area contributed by atoms with Crippen molar-refractivity contribution < 1.29 is 66.5 Å². The minimum atomic E-state index is -5.74. The van der Waals surface area contributed by atoms with Gasteiger partial charge in [0.1, 0.15) is 24.6 Å². The zero-order valence-corrected chi connectivity index (χ0v) is 19.8. The highest BCUT2D eigenvalue weighted by Crippen LogP contribution is 2.66. The van der Waals surface area contributed by atoms with E-state index < -0.39 is 60.0 Å². The van der Waals surface area contributed by atoms with Crippen LogP contribution in [0.3, 0.4) is 0 Å². The van der Waals surface area contributed by atoms with Crippen LogP contribution in [0.25, 0.3) is 11.2 Å². The number of phosphoric ester groups is 1. The van der Waals surface area contributed by atoms with Gasteiger partial charge in [-0.15, -0.1) is 0 Å². The molecular formula is C13H21N4O14P3. The molecule has 1 saturated heterocycles. The second kappa shape index (κ2) is 9.59. The van der Waals surface area contributed by atoms with Gasteiger partial charge in [-0.2, -0.15) is 13.6 Å². The molecule has 0 radical (unpaired) electrons. The minimum Gasteiger partial charge on any atom is -0.492 e. The van der Waals surface area contributed by atoms with E-state index in [2.05, 4.69) is 28.1 Å². The Kier molecular flexibility index (Phi) is 7.68. The molecule has 3 heterocycles. The maximum Gasteiger partial charge on any atom is 0.490 e. The SMILES string of the molecule is CCC[C@@]1(n2cnc3c(O)ncnc32)O[C@H](COP(=O)(O)OP(=O)(O)OP(=O)(O)O)[C@@H](O)[C@H]1O. The lowest BCUT2D eigenvalue weighted by molar-refractivity contribution is -0.150. The van der Waals surface area contributed by atoms with Crippen LogP contribution in [0.4, 0.5) is 0 Å². The van der Waals surface area contributed by atoms with Gasteiger partial charge in [-0.25, -0.2) is 23.7 Å². The third-order valence-corrected chi connectivity index (χ3v) is 8.47. The highest BCUT2D eigenvalue weighted by atomic mass is 31.3. The molecule has 0 aromatic carbocycles. The molecule has 2 unspecified atom stereocenters. The molecule has 0 saturated carbocycles. The van der Waals surface area contributed by atoms with Crippen LogP contribution >= 0.6 is 23.5 Å². The first-order valence-electron chi connectivity index (χ1n) is 9.30. The first-order valence-corrected chi connectivity index (χ1v) is 13.8. The smallest absolute Gasteiger partial charge is 0.490 e. The number of imidazole rings is 1. The van der Waals surface area contributed by atoms with Crippen LogP contribution < -0.4 is 0 Å². The van der Waals surface area contributed by atoms with Crippen LogP contribution in [0.5, 0.6) is 5.88 Å². The van der Waals surface area contributed by atoms with E-state index >= 15 is 0 Å². The average Bonchev–Trinajstić information content (AvgIpc) is 3.21. The first kappa shape index (κ1) is 27.2. The number of phosphoric acid groups is 3. The lowest BCUT2D eigenvalue weighted by Gasteiger charge is -2.33. The van der Waals surface area contributed by atoms with Gasteiger partial charge in [0, 0.05) is 0 Å². The van der Waals surface area contributed by atoms with Crippen molar-refractivity contribution in [3.8, 4) is 5.88 Å². The van der Waals surface area contributed by atoms with Crippen molar-refractivity contribution in [3.63, 3.8) is 0 Å². The van der Waals surface area contributed by atoms with Crippen molar-refractivity contribution in [1.29, 1.82) is 0 Å². The predicted molar refractivity (Wildman–Crippen MR) is 107 cm³/mol. The van der Waals surface area contributed by atoms with Crippen molar-refractivity contribution >= 4 is 34.6 Å². The Hall–Kier alpha value is -1.36. The Labute approximate surface area is 190 Å². The molecule has 3 rings (SSSR count). The summed E-state index contributed by atoms with van der Waals surface area (Å²) in [5.74, 6) is -0.451. The zero-order valence-electron chi connectivity index (χ0n) is 17.1. The zero-order chi connectivity index (χ0) is 25.5. The number of ether oxygens (including phenoxy) is 1. The molecule has 34 heavy (non-hydrogen) atoms. The Balaban J connectivity index is 1.82. The number of aliphatic hydroxyl groups excluding tert-OH is 2. The molecule has 7 N–H and O–H groups in total. The summed E-state index contributed by atoms with van der Waals surface area (Å²) in [5.41, 5.74) is -1.71. The van der Waals surface area contributed by atoms with Gasteiger partial charge in [0.2, 0.25) is 5.88 Å². The van der Waals surface area contributed by atoms with Crippen LogP contribution in [-0.2, 0) is 37.3 Å². The number of fused-ring (bicyclic) bond motifs is 1. The second-order valence-electron chi connectivity index (χ2n) is 7.06. The summed E-state index contributed by atoms with van der Waals surface area (Å²) in [7, 11) is -16.8. The number of rotatable bonds is 10. The lowest BCUT2D eigenvalue weighted by Crippen LogP contribution is -2.45. The Morgan fingerprint density at radius 3 is 2.38 bits per heavy atom. The molecule has 2 aromatic heterocycles. The summed E-state index contributed by atoms with van der Waals surface area (Å²) < 4.78 is 52.9. The Bertz CT molecular complexity index is 1190. The molecular weight excluding hydrogens is 529 g/mol. The van der Waals surface area contributed by atoms with Crippen molar-refractivity contribution in [2.24, 2.45) is 0 Å². The molecule has 1 aliphatic rings. The highest BCUT2D eigenvalue weighted by molar-refractivity contribution is 7.66. The maximum atomic E-state index is 12.0. The van der Waals surface area contributed by atoms with E-state index in [0.29, 0.717) is 6.42 Å². The molecule has 0 bridgehead atoms. The Morgan fingerprint density at radius 1 is 1.09 bits per heavy atom. The van der Waals surface area contributed by atoms with Gasteiger partial charge in [-0.3, -0.25) is 9.09 Å². The van der Waals surface area contributed by atoms with E-state index in [-0.39, 0.29) is 17.6 Å². The molecule has 18 nitrogen and oxygen atoms in total. The third kappa shape index (κ3) is 5.71. The monoisotopic (exact) mass is 550 g/mol. The standard InChI is InChI=1S/C13H21N4O14P3/c1-2-3-13(17-6-16-8-11(17)14-5-15-12(8)20)10(19)9(18)7(29-13)4-28-33(24,25)31-34(26,27)30-32(21,22)23/h5-7,9-10,18-19H,2-4H2,1H3,(H,24,25)(H,26,27)(H,14,15,20)(H2,21,22,23)/t7-,9-,10-,13-/m1/s1. The van der Waals surface area contributed by atoms with E-state index in [0.717, 1.165) is 6.33 Å². The van der Waals surface area contributed by atoms with Crippen molar-refractivity contribution in [2.75, 3.05) is 6.61 Å². The molecule has 0 aliphatic carbocycles. The number of hydrogen-bond donors (Lipinski definition) is 7. The molecule has 6 atom stereocenters. The molecule has 1 fully saturated rings. The van der Waals surface area contributed by atoms with Crippen LogP contribution in [0, 0.1) is 0 Å². The number of aliphatic hydroxyl groups is 2. The van der Waals surface area contributed by atoms with E-state index in [9.17, 15) is 38.8 Å². The fourth-order valence-electron chi connectivity index (χ4n) is 3.46. The van der Waals surface area contributed by atoms with E-state index in [1.807, 2.05) is 0 Å². The van der Waals surface area contributed by atoms with Gasteiger partial charge in [-0.1, -0.05) is 13.3 Å². The van der Waals surface area contributed by atoms with E-state index in [4.69, 9.17) is 14.5 Å². The quantitative estimate of drug-likeness (QED) is 0.183. The predicted octanol–water partition coefficient (Wildman–Crippen LogP) is -0.551. The van der Waals surface area contributed by atoms with Crippen molar-refractivity contribution in [2.45, 2.75) is 43.8 Å². The first-order chi connectivity index (χ1) is 15.6. The molecule has 0 amide bonds. The van der Waals surface area contributed by atoms with Gasteiger partial charge >= 0.3 is 23.5 Å². The molecule has 192 valence electrons. The number of aromatic hydroxyl groups is 1. The fraction of sp³-hybridized carbons (Fsp3) is 0.615. The van der Waals surface area contributed by atoms with Gasteiger partial charge in [0.15, 0.2) is 16.9 Å². The van der Waals surface area contributed by atoms with Gasteiger partial charge in [0.25, 0.3) is 0 Å². The highest BCUT2D eigenvalue weighted by Gasteiger charge is 2.56. The fourth-order valence-corrected chi connectivity index (χ4v) is 6.49. The maximum absolute atomic E-state index is 12.0. The van der Waals surface area contributed by atoms with Crippen molar-refractivity contribution in [1.82, 2.24) is 19.5 Å². The topological polar surface area (TPSA) is 273 Å². The van der Waals surface area contributed by atoms with Crippen LogP contribution in [0.2, 0.25) is 0 Å². The van der Waals surface area contributed by atoms with Crippen molar-refractivity contribution in [3.05, 3.63) is 12.7 Å². The summed E-state index contributed by atoms with van der Waals surface area (Å²) in [6.07, 6.45) is -2.26. The molecule has 0 spiro atoms. The van der Waals surface area contributed by atoms with Gasteiger partial charge < -0.3 is 39.6 Å². The normalized spacial score (nSPS) is 29.2. The van der Waals surface area contributed by atoms with Crippen LogP contribution in [0.1, 0.15) is 19.8 Å². The summed E-state index contributed by atoms with van der Waals surface area (Å²) in [4.78, 5) is 47.5. The number of hydrogen-bond acceptors (Lipinski definition) is 13. The van der Waals surface area contributed by atoms with Crippen LogP contribution in [0.15, 0.2) is 12.7 Å². The lowest BCUT2D eigenvalue weighted by atomic mass is 9.98. The van der Waals surface area contributed by atoms with E-state index in [1.165, 1.54) is 10.9 Å². The summed E-state index contributed by atoms with van der Waals surface area (Å²) in [5, 5.41) is 31.2. The minimum absolute atomic E-state index is 0.0278. The average molecular weight is 550 g/mol. The molecule has 21 heteroatoms. The van der Waals surface area contributed by atoms with Crippen LogP contribution in [-0.4, -0.2) is 79.3 Å². The Morgan fingerprint density at radius 2 is 1.76 bits per heavy atom. The second-order valence-corrected chi connectivity index (χ2v) is 11.5. The number of aromatic nitrogens is 4. The summed E-state index contributed by atoms with van der Waals surface area (Å²) in [6.45, 7) is 0.745. The molecule has 2 aromatic rings. The van der Waals surface area contributed by atoms with E-state index in [1.54, 1.807) is 6.92 Å². The third-order valence-electron chi connectivity index (χ3n) is 4.67. The summed E-state index contributed by atoms with van der Waals surface area (Å²) in [6, 6.07) is 0.